The van der Waals surface area contributed by atoms with Gasteiger partial charge in [0.15, 0.2) is 0 Å². The van der Waals surface area contributed by atoms with Crippen molar-refractivity contribution in [3.05, 3.63) is 95.5 Å². The van der Waals surface area contributed by atoms with Crippen molar-refractivity contribution in [2.45, 2.75) is 74.7 Å². The number of allylic oxidation sites excluding steroid dienone is 7. The molecule has 2 heterocycles. The van der Waals surface area contributed by atoms with Gasteiger partial charge in [0.2, 0.25) is 0 Å². The molecule has 0 bridgehead atoms. The minimum Gasteiger partial charge on any atom is -0.460 e. The Morgan fingerprint density at radius 2 is 1.29 bits per heavy atom. The molecule has 0 atom stereocenters. The number of anilines is 2. The van der Waals surface area contributed by atoms with Crippen molar-refractivity contribution < 1.29 is 26.4 Å². The number of ether oxygens (including phenoxy) is 1. The fourth-order valence-corrected chi connectivity index (χ4v) is 5.37. The van der Waals surface area contributed by atoms with Crippen LogP contribution >= 0.6 is 0 Å². The fraction of sp³-hybridized carbons (Fsp3) is 0.410. The average molecular weight is 667 g/mol. The highest BCUT2D eigenvalue weighted by Gasteiger charge is 2.29. The highest BCUT2D eigenvalue weighted by molar-refractivity contribution is 6.50. The second kappa shape index (κ2) is 15.9. The van der Waals surface area contributed by atoms with E-state index in [1.165, 1.54) is 11.4 Å². The number of nitrogens with zero attached hydrogens (tertiary/aromatic N) is 2. The van der Waals surface area contributed by atoms with Crippen molar-refractivity contribution in [1.82, 2.24) is 0 Å². The quantitative estimate of drug-likeness (QED) is 0.0983. The van der Waals surface area contributed by atoms with Crippen LogP contribution in [0.3, 0.4) is 0 Å². The van der Waals surface area contributed by atoms with Gasteiger partial charge in [-0.25, -0.2) is 4.42 Å². The van der Waals surface area contributed by atoms with Gasteiger partial charge in [-0.2, -0.15) is 0 Å². The molecule has 48 heavy (non-hydrogen) atoms. The molecule has 260 valence electrons. The van der Waals surface area contributed by atoms with Crippen LogP contribution in [0.1, 0.15) is 86.1 Å². The molecule has 1 aliphatic rings. The molecule has 4 nitrogen and oxygen atoms in total. The summed E-state index contributed by atoms with van der Waals surface area (Å²) in [4.78, 5) is 4.70. The molecule has 4 rings (SSSR count). The SMILES string of the molecule is CCN(CC)c1ccc2c(c1)OC(C(C)(C)C)=C\C2=C/C=C/C=C/c1cc(C(C)(C)C)[o+]c2cc(N(CC)CC)ccc12.F[B-](F)(F)F. The second-order valence-electron chi connectivity index (χ2n) is 13.7. The van der Waals surface area contributed by atoms with Crippen LogP contribution in [0.4, 0.5) is 28.6 Å². The molecule has 0 aliphatic carbocycles. The molecule has 0 radical (unpaired) electrons. The van der Waals surface area contributed by atoms with Crippen LogP contribution < -0.4 is 14.5 Å². The van der Waals surface area contributed by atoms with E-state index < -0.39 is 7.25 Å². The first kappa shape index (κ1) is 38.4. The van der Waals surface area contributed by atoms with E-state index in [9.17, 15) is 17.3 Å². The van der Waals surface area contributed by atoms with Crippen molar-refractivity contribution in [3.63, 3.8) is 0 Å². The van der Waals surface area contributed by atoms with Gasteiger partial charge in [-0.1, -0.05) is 51.2 Å². The average Bonchev–Trinajstić information content (AvgIpc) is 2.99. The minimum absolute atomic E-state index is 0.0963. The normalized spacial score (nSPS) is 14.5. The third-order valence-electron chi connectivity index (χ3n) is 8.07. The Morgan fingerprint density at radius 1 is 0.729 bits per heavy atom. The Hall–Kier alpha value is -4.01. The largest absolute Gasteiger partial charge is 0.673 e. The van der Waals surface area contributed by atoms with Crippen LogP contribution in [-0.4, -0.2) is 33.4 Å². The maximum Gasteiger partial charge on any atom is 0.673 e. The predicted molar refractivity (Wildman–Crippen MR) is 197 cm³/mol. The zero-order valence-electron chi connectivity index (χ0n) is 30.1. The molecule has 3 aromatic rings. The van der Waals surface area contributed by atoms with Gasteiger partial charge in [-0.15, -0.1) is 0 Å². The molecule has 9 heteroatoms. The predicted octanol–water partition coefficient (Wildman–Crippen LogP) is 12.0. The first-order valence-corrected chi connectivity index (χ1v) is 16.8. The smallest absolute Gasteiger partial charge is 0.460 e. The molecule has 0 fully saturated rings. The van der Waals surface area contributed by atoms with Crippen LogP contribution in [0, 0.1) is 5.41 Å². The van der Waals surface area contributed by atoms with E-state index >= 15 is 0 Å². The molecular formula is C39H51BF4N2O2. The van der Waals surface area contributed by atoms with Gasteiger partial charge in [0.25, 0.3) is 0 Å². The Balaban J connectivity index is 0.00000116. The van der Waals surface area contributed by atoms with Crippen LogP contribution in [0.25, 0.3) is 22.6 Å². The Kier molecular flexibility index (Phi) is 12.8. The molecule has 0 unspecified atom stereocenters. The lowest BCUT2D eigenvalue weighted by Gasteiger charge is -2.30. The lowest BCUT2D eigenvalue weighted by Crippen LogP contribution is -2.22. The second-order valence-corrected chi connectivity index (χ2v) is 13.7. The summed E-state index contributed by atoms with van der Waals surface area (Å²) in [6, 6.07) is 15.3. The van der Waals surface area contributed by atoms with E-state index in [1.54, 1.807) is 0 Å². The summed E-state index contributed by atoms with van der Waals surface area (Å²) >= 11 is 0. The lowest BCUT2D eigenvalue weighted by atomic mass is 9.89. The van der Waals surface area contributed by atoms with E-state index in [4.69, 9.17) is 9.15 Å². The monoisotopic (exact) mass is 666 g/mol. The molecule has 0 spiro atoms. The summed E-state index contributed by atoms with van der Waals surface area (Å²) < 4.78 is 51.9. The highest BCUT2D eigenvalue weighted by atomic mass is 19.5. The summed E-state index contributed by atoms with van der Waals surface area (Å²) in [6.45, 7) is 25.8. The number of halogens is 4. The first-order valence-electron chi connectivity index (χ1n) is 16.8. The lowest BCUT2D eigenvalue weighted by molar-refractivity contribution is 0.291. The third kappa shape index (κ3) is 10.5. The summed E-state index contributed by atoms with van der Waals surface area (Å²) in [6.07, 6.45) is 12.9. The molecule has 2 aromatic carbocycles. The van der Waals surface area contributed by atoms with Gasteiger partial charge in [0.1, 0.15) is 11.5 Å². The zero-order chi connectivity index (χ0) is 35.9. The zero-order valence-corrected chi connectivity index (χ0v) is 30.1. The van der Waals surface area contributed by atoms with E-state index in [-0.39, 0.29) is 10.8 Å². The number of hydrogen-bond acceptors (Lipinski definition) is 3. The number of hydrogen-bond donors (Lipinski definition) is 0. The van der Waals surface area contributed by atoms with E-state index in [1.807, 2.05) is 0 Å². The first-order chi connectivity index (χ1) is 22.4. The molecule has 1 aliphatic heterocycles. The standard InChI is InChI=1S/C39H51N2O2.BF4/c1-11-40(12-2)30-20-22-32-28(24-36(38(5,6)7)42-34(32)26-30)18-16-15-17-19-29-25-37(39(8,9)10)43-35-27-31(21-23-33(29)35)41(13-3)14-4;2-1(3,4)5/h15-27H,11-14H2,1-10H3;/q+1;-1. The van der Waals surface area contributed by atoms with Crippen molar-refractivity contribution in [1.29, 1.82) is 0 Å². The van der Waals surface area contributed by atoms with Crippen molar-refractivity contribution in [2.24, 2.45) is 5.41 Å². The highest BCUT2D eigenvalue weighted by Crippen LogP contribution is 2.41. The molecule has 0 saturated heterocycles. The maximum absolute atomic E-state index is 9.75. The topological polar surface area (TPSA) is 27.0 Å². The van der Waals surface area contributed by atoms with Gasteiger partial charge in [0.05, 0.1) is 16.9 Å². The summed E-state index contributed by atoms with van der Waals surface area (Å²) in [5.41, 5.74) is 6.55. The Morgan fingerprint density at radius 3 is 1.83 bits per heavy atom. The van der Waals surface area contributed by atoms with E-state index in [2.05, 4.69) is 158 Å². The van der Waals surface area contributed by atoms with Gasteiger partial charge in [-0.3, -0.25) is 0 Å². The van der Waals surface area contributed by atoms with E-state index in [0.717, 1.165) is 71.1 Å². The summed E-state index contributed by atoms with van der Waals surface area (Å²) in [5, 5.41) is 1.12. The molecule has 1 aromatic heterocycles. The van der Waals surface area contributed by atoms with E-state index in [0.29, 0.717) is 0 Å². The molecule has 0 saturated carbocycles. The van der Waals surface area contributed by atoms with Crippen molar-refractivity contribution in [3.8, 4) is 5.75 Å². The van der Waals surface area contributed by atoms with Gasteiger partial charge in [0, 0.05) is 66.2 Å². The van der Waals surface area contributed by atoms with Crippen LogP contribution in [0.15, 0.2) is 83.0 Å². The molecule has 0 amide bonds. The maximum atomic E-state index is 9.75. The van der Waals surface area contributed by atoms with Gasteiger partial charge < -0.3 is 31.8 Å². The van der Waals surface area contributed by atoms with Crippen molar-refractivity contribution in [2.75, 3.05) is 36.0 Å². The number of rotatable bonds is 9. The summed E-state index contributed by atoms with van der Waals surface area (Å²) in [7, 11) is -6.00. The van der Waals surface area contributed by atoms with Crippen LogP contribution in [0.5, 0.6) is 5.75 Å². The fourth-order valence-electron chi connectivity index (χ4n) is 5.37. The summed E-state index contributed by atoms with van der Waals surface area (Å²) in [5.74, 6) is 2.88. The van der Waals surface area contributed by atoms with Crippen LogP contribution in [0.2, 0.25) is 0 Å². The molecule has 0 N–H and O–H groups in total. The van der Waals surface area contributed by atoms with Gasteiger partial charge in [-0.05, 0) is 84.4 Å². The van der Waals surface area contributed by atoms with Gasteiger partial charge >= 0.3 is 18.6 Å². The Labute approximate surface area is 284 Å². The molecular weight excluding hydrogens is 615 g/mol. The third-order valence-corrected chi connectivity index (χ3v) is 8.07. The Bertz CT molecular complexity index is 1660. The number of fused-ring (bicyclic) bond motifs is 2. The number of benzene rings is 2. The van der Waals surface area contributed by atoms with Crippen LogP contribution in [-0.2, 0) is 5.41 Å². The van der Waals surface area contributed by atoms with Crippen molar-refractivity contribution >= 4 is 41.2 Å². The minimum atomic E-state index is -6.00.